The van der Waals surface area contributed by atoms with Crippen molar-refractivity contribution < 1.29 is 19.6 Å². The Kier molecular flexibility index (Phi) is 3.13. The zero-order valence-corrected chi connectivity index (χ0v) is 10.2. The number of carboxylic acids is 1. The Labute approximate surface area is 109 Å². The Morgan fingerprint density at radius 3 is 2.68 bits per heavy atom. The zero-order valence-electron chi connectivity index (χ0n) is 10.2. The number of nitrogens with zero attached hydrogens (tertiary/aromatic N) is 1. The van der Waals surface area contributed by atoms with Crippen molar-refractivity contribution in [3.63, 3.8) is 0 Å². The van der Waals surface area contributed by atoms with E-state index in [1.807, 2.05) is 0 Å². The topological polar surface area (TPSA) is 89.7 Å². The Morgan fingerprint density at radius 2 is 2.21 bits per heavy atom. The van der Waals surface area contributed by atoms with Crippen molar-refractivity contribution in [1.82, 2.24) is 0 Å². The van der Waals surface area contributed by atoms with E-state index in [2.05, 4.69) is 11.8 Å². The maximum absolute atomic E-state index is 10.9. The van der Waals surface area contributed by atoms with Gasteiger partial charge in [0.2, 0.25) is 0 Å². The van der Waals surface area contributed by atoms with Crippen LogP contribution in [0.2, 0.25) is 0 Å². The van der Waals surface area contributed by atoms with Crippen LogP contribution in [0.5, 0.6) is 5.75 Å². The molecular formula is C13H11NO5. The number of ether oxygens (including phenoxy) is 1. The first-order chi connectivity index (χ1) is 8.97. The molecule has 0 heterocycles. The highest BCUT2D eigenvalue weighted by atomic mass is 16.6. The Bertz CT molecular complexity index is 607. The molecule has 6 nitrogen and oxygen atoms in total. The van der Waals surface area contributed by atoms with Crippen LogP contribution >= 0.6 is 0 Å². The standard InChI is InChI=1S/C13H11NO5/c1-2-5-13(6-7-13)19-11-8-9(12(15)16)3-4-10(11)14(17)18/h3-4,8H,6-7H2,1H3,(H,15,16). The van der Waals surface area contributed by atoms with E-state index in [0.29, 0.717) is 12.8 Å². The molecule has 1 aromatic carbocycles. The number of hydrogen-bond acceptors (Lipinski definition) is 4. The molecular weight excluding hydrogens is 250 g/mol. The molecule has 0 amide bonds. The summed E-state index contributed by atoms with van der Waals surface area (Å²) in [5.41, 5.74) is -1.01. The first-order valence-electron chi connectivity index (χ1n) is 5.62. The third-order valence-corrected chi connectivity index (χ3v) is 2.77. The van der Waals surface area contributed by atoms with Crippen LogP contribution in [0.3, 0.4) is 0 Å². The molecule has 1 aliphatic rings. The predicted octanol–water partition coefficient (Wildman–Crippen LogP) is 2.23. The first kappa shape index (κ1) is 12.9. The summed E-state index contributed by atoms with van der Waals surface area (Å²) in [6, 6.07) is 3.48. The Balaban J connectivity index is 2.40. The van der Waals surface area contributed by atoms with Crippen molar-refractivity contribution in [3.8, 4) is 17.6 Å². The van der Waals surface area contributed by atoms with Gasteiger partial charge in [-0.2, -0.15) is 0 Å². The van der Waals surface area contributed by atoms with Crippen LogP contribution in [-0.2, 0) is 0 Å². The van der Waals surface area contributed by atoms with E-state index in [1.165, 1.54) is 6.07 Å². The minimum absolute atomic E-state index is 0.0508. The fourth-order valence-electron chi connectivity index (χ4n) is 1.68. The molecule has 98 valence electrons. The molecule has 0 unspecified atom stereocenters. The van der Waals surface area contributed by atoms with Crippen molar-refractivity contribution in [2.75, 3.05) is 0 Å². The lowest BCUT2D eigenvalue weighted by molar-refractivity contribution is -0.386. The summed E-state index contributed by atoms with van der Waals surface area (Å²) in [5, 5.41) is 19.8. The Hall–Kier alpha value is -2.55. The third kappa shape index (κ3) is 2.65. The molecule has 0 spiro atoms. The van der Waals surface area contributed by atoms with E-state index < -0.39 is 16.5 Å². The minimum atomic E-state index is -1.16. The second-order valence-corrected chi connectivity index (χ2v) is 4.22. The molecule has 1 saturated carbocycles. The van der Waals surface area contributed by atoms with Gasteiger partial charge in [-0.15, -0.1) is 5.92 Å². The van der Waals surface area contributed by atoms with Gasteiger partial charge in [-0.3, -0.25) is 10.1 Å². The van der Waals surface area contributed by atoms with E-state index in [0.717, 1.165) is 12.1 Å². The van der Waals surface area contributed by atoms with Crippen molar-refractivity contribution in [2.24, 2.45) is 0 Å². The summed E-state index contributed by atoms with van der Waals surface area (Å²) >= 11 is 0. The van der Waals surface area contributed by atoms with Crippen LogP contribution in [0.4, 0.5) is 5.69 Å². The molecule has 2 rings (SSSR count). The monoisotopic (exact) mass is 261 g/mol. The third-order valence-electron chi connectivity index (χ3n) is 2.77. The summed E-state index contributed by atoms with van der Waals surface area (Å²) in [6.45, 7) is 1.66. The highest BCUT2D eigenvalue weighted by molar-refractivity contribution is 5.88. The molecule has 1 aromatic rings. The lowest BCUT2D eigenvalue weighted by Gasteiger charge is -2.12. The number of rotatable bonds is 4. The molecule has 0 saturated heterocycles. The van der Waals surface area contributed by atoms with Crippen molar-refractivity contribution in [3.05, 3.63) is 33.9 Å². The van der Waals surface area contributed by atoms with Gasteiger partial charge in [0, 0.05) is 25.0 Å². The van der Waals surface area contributed by atoms with Gasteiger partial charge in [-0.25, -0.2) is 4.79 Å². The van der Waals surface area contributed by atoms with Gasteiger partial charge in [0.25, 0.3) is 0 Å². The van der Waals surface area contributed by atoms with Gasteiger partial charge < -0.3 is 9.84 Å². The van der Waals surface area contributed by atoms with Crippen molar-refractivity contribution in [1.29, 1.82) is 0 Å². The fraction of sp³-hybridized carbons (Fsp3) is 0.308. The molecule has 1 N–H and O–H groups in total. The van der Waals surface area contributed by atoms with Gasteiger partial charge >= 0.3 is 11.7 Å². The molecule has 6 heteroatoms. The summed E-state index contributed by atoms with van der Waals surface area (Å²) in [6.07, 6.45) is 1.37. The fourth-order valence-corrected chi connectivity index (χ4v) is 1.68. The molecule has 0 bridgehead atoms. The van der Waals surface area contributed by atoms with Gasteiger partial charge in [0.1, 0.15) is 0 Å². The number of nitro groups is 1. The largest absolute Gasteiger partial charge is 0.478 e. The van der Waals surface area contributed by atoms with Crippen LogP contribution in [0.15, 0.2) is 18.2 Å². The molecule has 0 radical (unpaired) electrons. The molecule has 1 fully saturated rings. The number of aromatic carboxylic acids is 1. The number of carboxylic acid groups (broad SMARTS) is 1. The summed E-state index contributed by atoms with van der Waals surface area (Å²) in [5.74, 6) is 4.36. The van der Waals surface area contributed by atoms with E-state index in [-0.39, 0.29) is 17.0 Å². The van der Waals surface area contributed by atoms with E-state index in [4.69, 9.17) is 9.84 Å². The van der Waals surface area contributed by atoms with Crippen molar-refractivity contribution >= 4 is 11.7 Å². The zero-order chi connectivity index (χ0) is 14.0. The SMILES string of the molecule is CC#CC1(Oc2cc(C(=O)O)ccc2[N+](=O)[O-])CC1. The molecule has 0 aromatic heterocycles. The maximum Gasteiger partial charge on any atom is 0.335 e. The summed E-state index contributed by atoms with van der Waals surface area (Å²) in [7, 11) is 0. The maximum atomic E-state index is 10.9. The average Bonchev–Trinajstić information content (AvgIpc) is 3.08. The number of nitro benzene ring substituents is 1. The van der Waals surface area contributed by atoms with E-state index in [1.54, 1.807) is 6.92 Å². The van der Waals surface area contributed by atoms with Crippen LogP contribution < -0.4 is 4.74 Å². The summed E-state index contributed by atoms with van der Waals surface area (Å²) < 4.78 is 5.56. The van der Waals surface area contributed by atoms with Crippen LogP contribution in [-0.4, -0.2) is 21.6 Å². The number of carbonyl (C=O) groups is 1. The minimum Gasteiger partial charge on any atom is -0.478 e. The quantitative estimate of drug-likeness (QED) is 0.510. The molecule has 1 aliphatic carbocycles. The predicted molar refractivity (Wildman–Crippen MR) is 66.1 cm³/mol. The lowest BCUT2D eigenvalue weighted by atomic mass is 10.2. The van der Waals surface area contributed by atoms with E-state index >= 15 is 0 Å². The van der Waals surface area contributed by atoms with Crippen molar-refractivity contribution in [2.45, 2.75) is 25.4 Å². The van der Waals surface area contributed by atoms with E-state index in [9.17, 15) is 14.9 Å². The highest BCUT2D eigenvalue weighted by Gasteiger charge is 2.45. The molecule has 0 atom stereocenters. The second kappa shape index (κ2) is 4.61. The normalized spacial score (nSPS) is 15.0. The smallest absolute Gasteiger partial charge is 0.335 e. The van der Waals surface area contributed by atoms with Gasteiger partial charge in [0.15, 0.2) is 11.4 Å². The number of benzene rings is 1. The second-order valence-electron chi connectivity index (χ2n) is 4.22. The highest BCUT2D eigenvalue weighted by Crippen LogP contribution is 2.42. The lowest BCUT2D eigenvalue weighted by Crippen LogP contribution is -2.16. The van der Waals surface area contributed by atoms with Gasteiger partial charge in [-0.1, -0.05) is 5.92 Å². The first-order valence-corrected chi connectivity index (χ1v) is 5.62. The molecule has 0 aliphatic heterocycles. The molecule has 19 heavy (non-hydrogen) atoms. The van der Waals surface area contributed by atoms with Crippen LogP contribution in [0.1, 0.15) is 30.1 Å². The average molecular weight is 261 g/mol. The van der Waals surface area contributed by atoms with Crippen LogP contribution in [0, 0.1) is 22.0 Å². The summed E-state index contributed by atoms with van der Waals surface area (Å²) in [4.78, 5) is 21.2. The van der Waals surface area contributed by atoms with Gasteiger partial charge in [-0.05, 0) is 13.0 Å². The number of hydrogen-bond donors (Lipinski definition) is 1. The van der Waals surface area contributed by atoms with Gasteiger partial charge in [0.05, 0.1) is 10.5 Å². The Morgan fingerprint density at radius 1 is 1.53 bits per heavy atom. The van der Waals surface area contributed by atoms with Crippen LogP contribution in [0.25, 0.3) is 0 Å².